The second-order valence-electron chi connectivity index (χ2n) is 4.34. The first-order valence-corrected chi connectivity index (χ1v) is 5.64. The number of hydrogen-bond donors (Lipinski definition) is 1. The van der Waals surface area contributed by atoms with Gasteiger partial charge in [-0.15, -0.1) is 0 Å². The lowest BCUT2D eigenvalue weighted by molar-refractivity contribution is 0.0798. The number of nitrogens with zero attached hydrogens (tertiary/aromatic N) is 2. The predicted octanol–water partition coefficient (Wildman–Crippen LogP) is 0.687. The van der Waals surface area contributed by atoms with Gasteiger partial charge in [0.1, 0.15) is 0 Å². The van der Waals surface area contributed by atoms with Crippen LogP contribution < -0.4 is 5.73 Å². The molecule has 82 valence electrons. The fourth-order valence-electron chi connectivity index (χ4n) is 1.90. The summed E-state index contributed by atoms with van der Waals surface area (Å²) in [6, 6.07) is 1.13. The van der Waals surface area contributed by atoms with Crippen molar-refractivity contribution in [2.75, 3.05) is 26.7 Å². The Balaban J connectivity index is 2.41. The first kappa shape index (κ1) is 11.9. The molecular formula is C10H21N3S. The summed E-state index contributed by atoms with van der Waals surface area (Å²) >= 11 is 4.93. The summed E-state index contributed by atoms with van der Waals surface area (Å²) in [5.41, 5.74) is 5.56. The average Bonchev–Trinajstić information content (AvgIpc) is 2.08. The van der Waals surface area contributed by atoms with E-state index in [1.807, 2.05) is 0 Å². The van der Waals surface area contributed by atoms with Crippen molar-refractivity contribution in [1.29, 1.82) is 0 Å². The van der Waals surface area contributed by atoms with E-state index in [0.29, 0.717) is 17.1 Å². The molecule has 1 rings (SSSR count). The zero-order valence-electron chi connectivity index (χ0n) is 9.36. The van der Waals surface area contributed by atoms with Crippen LogP contribution in [-0.2, 0) is 0 Å². The topological polar surface area (TPSA) is 32.5 Å². The molecule has 2 atom stereocenters. The normalized spacial score (nSPS) is 27.5. The van der Waals surface area contributed by atoms with Gasteiger partial charge in [-0.3, -0.25) is 4.90 Å². The highest BCUT2D eigenvalue weighted by Gasteiger charge is 2.24. The highest BCUT2D eigenvalue weighted by atomic mass is 32.1. The first-order chi connectivity index (χ1) is 6.50. The fraction of sp³-hybridized carbons (Fsp3) is 0.900. The average molecular weight is 215 g/mol. The van der Waals surface area contributed by atoms with Gasteiger partial charge in [0, 0.05) is 38.1 Å². The summed E-state index contributed by atoms with van der Waals surface area (Å²) in [5, 5.41) is 0. The minimum atomic E-state index is 0.489. The van der Waals surface area contributed by atoms with Crippen LogP contribution in [0.4, 0.5) is 0 Å². The zero-order valence-corrected chi connectivity index (χ0v) is 10.2. The van der Waals surface area contributed by atoms with Crippen LogP contribution in [0.25, 0.3) is 0 Å². The van der Waals surface area contributed by atoms with Gasteiger partial charge in [-0.2, -0.15) is 0 Å². The number of hydrogen-bond acceptors (Lipinski definition) is 3. The SMILES string of the molecule is CC1CN(C(C)CC(N)=S)CCN1C. The summed E-state index contributed by atoms with van der Waals surface area (Å²) in [4.78, 5) is 5.50. The minimum Gasteiger partial charge on any atom is -0.393 e. The maximum Gasteiger partial charge on any atom is 0.0742 e. The largest absolute Gasteiger partial charge is 0.393 e. The van der Waals surface area contributed by atoms with Crippen molar-refractivity contribution >= 4 is 17.2 Å². The molecule has 3 nitrogen and oxygen atoms in total. The highest BCUT2D eigenvalue weighted by molar-refractivity contribution is 7.80. The number of thiocarbonyl (C=S) groups is 1. The third-order valence-corrected chi connectivity index (χ3v) is 3.28. The third kappa shape index (κ3) is 3.19. The van der Waals surface area contributed by atoms with E-state index in [1.165, 1.54) is 0 Å². The van der Waals surface area contributed by atoms with Crippen molar-refractivity contribution in [3.05, 3.63) is 0 Å². The Bertz CT molecular complexity index is 208. The molecule has 1 saturated heterocycles. The lowest BCUT2D eigenvalue weighted by Crippen LogP contribution is -2.53. The van der Waals surface area contributed by atoms with E-state index in [2.05, 4.69) is 30.7 Å². The Hall–Kier alpha value is -0.190. The molecule has 1 heterocycles. The number of piperazine rings is 1. The molecule has 0 aromatic carbocycles. The predicted molar refractivity (Wildman–Crippen MR) is 64.5 cm³/mol. The van der Waals surface area contributed by atoms with E-state index in [9.17, 15) is 0 Å². The highest BCUT2D eigenvalue weighted by Crippen LogP contribution is 2.12. The van der Waals surface area contributed by atoms with Gasteiger partial charge in [0.25, 0.3) is 0 Å². The molecule has 2 N–H and O–H groups in total. The number of likely N-dealkylation sites (N-methyl/N-ethyl adjacent to an activating group) is 1. The van der Waals surface area contributed by atoms with Crippen molar-refractivity contribution in [3.8, 4) is 0 Å². The summed E-state index contributed by atoms with van der Waals surface area (Å²) in [7, 11) is 2.18. The van der Waals surface area contributed by atoms with Crippen LogP contribution in [0.3, 0.4) is 0 Å². The Labute approximate surface area is 92.2 Å². The molecule has 0 radical (unpaired) electrons. The van der Waals surface area contributed by atoms with Crippen molar-refractivity contribution in [3.63, 3.8) is 0 Å². The van der Waals surface area contributed by atoms with E-state index in [4.69, 9.17) is 18.0 Å². The Morgan fingerprint density at radius 2 is 2.21 bits per heavy atom. The Kier molecular flexibility index (Phi) is 4.29. The number of rotatable bonds is 3. The van der Waals surface area contributed by atoms with Crippen molar-refractivity contribution in [1.82, 2.24) is 9.80 Å². The molecule has 0 spiro atoms. The molecule has 14 heavy (non-hydrogen) atoms. The second-order valence-corrected chi connectivity index (χ2v) is 4.87. The molecule has 0 amide bonds. The molecule has 2 unspecified atom stereocenters. The molecule has 0 aliphatic carbocycles. The maximum atomic E-state index is 5.56. The van der Waals surface area contributed by atoms with Gasteiger partial charge in [-0.05, 0) is 20.9 Å². The van der Waals surface area contributed by atoms with Gasteiger partial charge in [0.05, 0.1) is 4.99 Å². The van der Waals surface area contributed by atoms with Gasteiger partial charge in [-0.25, -0.2) is 0 Å². The van der Waals surface area contributed by atoms with E-state index in [-0.39, 0.29) is 0 Å². The van der Waals surface area contributed by atoms with Crippen LogP contribution >= 0.6 is 12.2 Å². The standard InChI is InChI=1S/C10H21N3S/c1-8(6-10(11)14)13-5-4-12(3)9(2)7-13/h8-9H,4-7H2,1-3H3,(H2,11,14). The van der Waals surface area contributed by atoms with Crippen LogP contribution in [0.15, 0.2) is 0 Å². The van der Waals surface area contributed by atoms with E-state index < -0.39 is 0 Å². The summed E-state index contributed by atoms with van der Waals surface area (Å²) in [5.74, 6) is 0. The van der Waals surface area contributed by atoms with Crippen LogP contribution in [0.2, 0.25) is 0 Å². The number of nitrogens with two attached hydrogens (primary N) is 1. The monoisotopic (exact) mass is 215 g/mol. The molecule has 1 fully saturated rings. The van der Waals surface area contributed by atoms with Gasteiger partial charge >= 0.3 is 0 Å². The van der Waals surface area contributed by atoms with Gasteiger partial charge < -0.3 is 10.6 Å². The summed E-state index contributed by atoms with van der Waals surface area (Å²) in [6.07, 6.45) is 0.839. The molecule has 1 aliphatic rings. The van der Waals surface area contributed by atoms with E-state index in [0.717, 1.165) is 26.1 Å². The fourth-order valence-corrected chi connectivity index (χ4v) is 2.14. The second kappa shape index (κ2) is 5.05. The van der Waals surface area contributed by atoms with E-state index >= 15 is 0 Å². The van der Waals surface area contributed by atoms with Crippen molar-refractivity contribution in [2.45, 2.75) is 32.4 Å². The van der Waals surface area contributed by atoms with Crippen LogP contribution in [0, 0.1) is 0 Å². The third-order valence-electron chi connectivity index (χ3n) is 3.11. The molecule has 0 aromatic rings. The molecule has 4 heteroatoms. The van der Waals surface area contributed by atoms with Crippen LogP contribution in [0.1, 0.15) is 20.3 Å². The molecular weight excluding hydrogens is 194 g/mol. The van der Waals surface area contributed by atoms with Crippen molar-refractivity contribution in [2.24, 2.45) is 5.73 Å². The van der Waals surface area contributed by atoms with Crippen LogP contribution in [-0.4, -0.2) is 53.6 Å². The van der Waals surface area contributed by atoms with Gasteiger partial charge in [-0.1, -0.05) is 12.2 Å². The lowest BCUT2D eigenvalue weighted by Gasteiger charge is -2.40. The smallest absolute Gasteiger partial charge is 0.0742 e. The Morgan fingerprint density at radius 3 is 2.71 bits per heavy atom. The van der Waals surface area contributed by atoms with E-state index in [1.54, 1.807) is 0 Å². The molecule has 0 bridgehead atoms. The van der Waals surface area contributed by atoms with Crippen LogP contribution in [0.5, 0.6) is 0 Å². The minimum absolute atomic E-state index is 0.489. The zero-order chi connectivity index (χ0) is 10.7. The quantitative estimate of drug-likeness (QED) is 0.702. The molecule has 0 saturated carbocycles. The summed E-state index contributed by atoms with van der Waals surface area (Å²) < 4.78 is 0. The maximum absolute atomic E-state index is 5.56. The first-order valence-electron chi connectivity index (χ1n) is 5.23. The Morgan fingerprint density at radius 1 is 1.57 bits per heavy atom. The lowest BCUT2D eigenvalue weighted by atomic mass is 10.1. The van der Waals surface area contributed by atoms with Crippen molar-refractivity contribution < 1.29 is 0 Å². The molecule has 1 aliphatic heterocycles. The van der Waals surface area contributed by atoms with Gasteiger partial charge in [0.2, 0.25) is 0 Å². The summed E-state index contributed by atoms with van der Waals surface area (Å²) in [6.45, 7) is 7.87. The van der Waals surface area contributed by atoms with Gasteiger partial charge in [0.15, 0.2) is 0 Å². The molecule has 0 aromatic heterocycles.